The molecule has 0 bridgehead atoms. The molecule has 1 aliphatic rings. The van der Waals surface area contributed by atoms with Gasteiger partial charge in [-0.2, -0.15) is 0 Å². The van der Waals surface area contributed by atoms with Gasteiger partial charge in [0.05, 0.1) is 6.42 Å². The quantitative estimate of drug-likeness (QED) is 0.907. The van der Waals surface area contributed by atoms with E-state index in [1.807, 2.05) is 17.9 Å². The number of carbonyl (C=O) groups excluding carboxylic acids is 1. The molecular weight excluding hydrogens is 315 g/mol. The molecule has 0 saturated carbocycles. The molecule has 1 aliphatic heterocycles. The second-order valence-electron chi connectivity index (χ2n) is 6.59. The Balaban J connectivity index is 1.82. The number of aryl methyl sites for hydroxylation is 2. The minimum Gasteiger partial charge on any atom is -0.330 e. The molecule has 4 heteroatoms. The number of amides is 1. The molecule has 0 saturated heterocycles. The summed E-state index contributed by atoms with van der Waals surface area (Å²) in [6.07, 6.45) is 3.85. The predicted molar refractivity (Wildman–Crippen MR) is 99.4 cm³/mol. The number of hydrogen-bond acceptors (Lipinski definition) is 2. The molecule has 3 rings (SSSR count). The average Bonchev–Trinajstić information content (AvgIpc) is 2.62. The van der Waals surface area contributed by atoms with Crippen molar-refractivity contribution >= 4 is 11.6 Å². The van der Waals surface area contributed by atoms with Crippen LogP contribution in [0.15, 0.2) is 36.4 Å². The van der Waals surface area contributed by atoms with Gasteiger partial charge in [-0.15, -0.1) is 0 Å². The summed E-state index contributed by atoms with van der Waals surface area (Å²) in [5.41, 5.74) is 10.9. The van der Waals surface area contributed by atoms with E-state index in [-0.39, 0.29) is 11.7 Å². The Morgan fingerprint density at radius 2 is 2.04 bits per heavy atom. The summed E-state index contributed by atoms with van der Waals surface area (Å²) in [5, 5.41) is 0. The minimum atomic E-state index is -0.246. The molecule has 0 aliphatic carbocycles. The number of hydrogen-bond donors (Lipinski definition) is 1. The van der Waals surface area contributed by atoms with Gasteiger partial charge in [-0.05, 0) is 72.7 Å². The maximum Gasteiger partial charge on any atom is 0.231 e. The van der Waals surface area contributed by atoms with E-state index < -0.39 is 0 Å². The molecule has 132 valence electrons. The van der Waals surface area contributed by atoms with Gasteiger partial charge in [-0.1, -0.05) is 25.1 Å². The van der Waals surface area contributed by atoms with Crippen molar-refractivity contribution in [2.75, 3.05) is 18.0 Å². The second-order valence-corrected chi connectivity index (χ2v) is 6.59. The fourth-order valence-electron chi connectivity index (χ4n) is 3.59. The Bertz CT molecular complexity index is 772. The van der Waals surface area contributed by atoms with Crippen LogP contribution in [0.4, 0.5) is 10.1 Å². The van der Waals surface area contributed by atoms with Gasteiger partial charge in [0.2, 0.25) is 5.91 Å². The molecule has 2 aromatic carbocycles. The van der Waals surface area contributed by atoms with Gasteiger partial charge in [0.25, 0.3) is 0 Å². The molecule has 0 unspecified atom stereocenters. The topological polar surface area (TPSA) is 46.3 Å². The van der Waals surface area contributed by atoms with Crippen molar-refractivity contribution in [2.45, 2.75) is 39.0 Å². The zero-order valence-corrected chi connectivity index (χ0v) is 14.7. The van der Waals surface area contributed by atoms with E-state index in [4.69, 9.17) is 5.73 Å². The van der Waals surface area contributed by atoms with Crippen LogP contribution in [-0.2, 0) is 30.5 Å². The summed E-state index contributed by atoms with van der Waals surface area (Å²) in [7, 11) is 0. The summed E-state index contributed by atoms with van der Waals surface area (Å²) in [4.78, 5) is 14.8. The van der Waals surface area contributed by atoms with Crippen LogP contribution in [0.3, 0.4) is 0 Å². The highest BCUT2D eigenvalue weighted by Crippen LogP contribution is 2.29. The van der Waals surface area contributed by atoms with E-state index >= 15 is 0 Å². The third kappa shape index (κ3) is 3.90. The van der Waals surface area contributed by atoms with Crippen molar-refractivity contribution in [1.82, 2.24) is 0 Å². The maximum absolute atomic E-state index is 13.4. The van der Waals surface area contributed by atoms with Crippen molar-refractivity contribution in [3.8, 4) is 0 Å². The first-order chi connectivity index (χ1) is 12.1. The van der Waals surface area contributed by atoms with E-state index in [9.17, 15) is 9.18 Å². The van der Waals surface area contributed by atoms with Gasteiger partial charge in [-0.3, -0.25) is 4.79 Å². The number of nitrogens with two attached hydrogens (primary N) is 1. The number of halogens is 1. The van der Waals surface area contributed by atoms with Crippen LogP contribution >= 0.6 is 0 Å². The Morgan fingerprint density at radius 3 is 2.80 bits per heavy atom. The number of rotatable bonds is 5. The van der Waals surface area contributed by atoms with Crippen LogP contribution in [0, 0.1) is 5.82 Å². The summed E-state index contributed by atoms with van der Waals surface area (Å²) in [6, 6.07) is 11.0. The zero-order valence-electron chi connectivity index (χ0n) is 14.7. The largest absolute Gasteiger partial charge is 0.330 e. The van der Waals surface area contributed by atoms with E-state index in [0.29, 0.717) is 13.0 Å². The molecule has 3 nitrogen and oxygen atoms in total. The highest BCUT2D eigenvalue weighted by molar-refractivity contribution is 5.96. The monoisotopic (exact) mass is 340 g/mol. The molecule has 2 aromatic rings. The fourth-order valence-corrected chi connectivity index (χ4v) is 3.59. The Kier molecular flexibility index (Phi) is 5.49. The SMILES string of the molecule is CCc1cc(F)ccc1CC(=O)N1CCCc2cc(CCN)ccc21. The first-order valence-electron chi connectivity index (χ1n) is 9.02. The molecule has 0 atom stereocenters. The Morgan fingerprint density at radius 1 is 1.20 bits per heavy atom. The predicted octanol–water partition coefficient (Wildman–Crippen LogP) is 3.41. The lowest BCUT2D eigenvalue weighted by molar-refractivity contribution is -0.118. The number of carbonyl (C=O) groups is 1. The van der Waals surface area contributed by atoms with Gasteiger partial charge in [0, 0.05) is 12.2 Å². The van der Waals surface area contributed by atoms with Crippen molar-refractivity contribution in [1.29, 1.82) is 0 Å². The average molecular weight is 340 g/mol. The lowest BCUT2D eigenvalue weighted by Gasteiger charge is -2.30. The molecular formula is C21H25FN2O. The van der Waals surface area contributed by atoms with E-state index in [2.05, 4.69) is 12.1 Å². The summed E-state index contributed by atoms with van der Waals surface area (Å²) >= 11 is 0. The van der Waals surface area contributed by atoms with Crippen LogP contribution in [0.5, 0.6) is 0 Å². The van der Waals surface area contributed by atoms with Crippen LogP contribution in [0.25, 0.3) is 0 Å². The van der Waals surface area contributed by atoms with Crippen molar-refractivity contribution in [2.24, 2.45) is 5.73 Å². The van der Waals surface area contributed by atoms with Crippen LogP contribution < -0.4 is 10.6 Å². The maximum atomic E-state index is 13.4. The molecule has 0 spiro atoms. The summed E-state index contributed by atoms with van der Waals surface area (Å²) < 4.78 is 13.4. The minimum absolute atomic E-state index is 0.0776. The smallest absolute Gasteiger partial charge is 0.231 e. The van der Waals surface area contributed by atoms with Gasteiger partial charge in [0.15, 0.2) is 0 Å². The van der Waals surface area contributed by atoms with Gasteiger partial charge in [0.1, 0.15) is 5.82 Å². The first-order valence-corrected chi connectivity index (χ1v) is 9.02. The molecule has 25 heavy (non-hydrogen) atoms. The molecule has 0 fully saturated rings. The van der Waals surface area contributed by atoms with Crippen LogP contribution in [0.2, 0.25) is 0 Å². The first kappa shape index (κ1) is 17.6. The normalized spacial score (nSPS) is 13.6. The molecule has 0 radical (unpaired) electrons. The highest BCUT2D eigenvalue weighted by atomic mass is 19.1. The lowest BCUT2D eigenvalue weighted by atomic mass is 9.96. The van der Waals surface area contributed by atoms with Crippen molar-refractivity contribution in [3.05, 3.63) is 64.5 Å². The molecule has 1 heterocycles. The Labute approximate surface area is 148 Å². The van der Waals surface area contributed by atoms with E-state index in [1.165, 1.54) is 23.3 Å². The molecule has 1 amide bonds. The Hall–Kier alpha value is -2.20. The molecule has 2 N–H and O–H groups in total. The number of benzene rings is 2. The third-order valence-electron chi connectivity index (χ3n) is 4.89. The van der Waals surface area contributed by atoms with E-state index in [1.54, 1.807) is 6.07 Å². The number of nitrogens with zero attached hydrogens (tertiary/aromatic N) is 1. The van der Waals surface area contributed by atoms with Crippen molar-refractivity contribution in [3.63, 3.8) is 0 Å². The zero-order chi connectivity index (χ0) is 17.8. The van der Waals surface area contributed by atoms with Crippen molar-refractivity contribution < 1.29 is 9.18 Å². The van der Waals surface area contributed by atoms with E-state index in [0.717, 1.165) is 49.0 Å². The van der Waals surface area contributed by atoms with Gasteiger partial charge < -0.3 is 10.6 Å². The number of anilines is 1. The van der Waals surface area contributed by atoms with Gasteiger partial charge in [-0.25, -0.2) is 4.39 Å². The lowest BCUT2D eigenvalue weighted by Crippen LogP contribution is -2.36. The molecule has 0 aromatic heterocycles. The number of fused-ring (bicyclic) bond motifs is 1. The van der Waals surface area contributed by atoms with Crippen LogP contribution in [-0.4, -0.2) is 19.0 Å². The van der Waals surface area contributed by atoms with Crippen LogP contribution in [0.1, 0.15) is 35.6 Å². The second kappa shape index (κ2) is 7.79. The fraction of sp³-hybridized carbons (Fsp3) is 0.381. The van der Waals surface area contributed by atoms with Gasteiger partial charge >= 0.3 is 0 Å². The highest BCUT2D eigenvalue weighted by Gasteiger charge is 2.23. The third-order valence-corrected chi connectivity index (χ3v) is 4.89. The summed E-state index contributed by atoms with van der Waals surface area (Å²) in [5.74, 6) is -0.169. The summed E-state index contributed by atoms with van der Waals surface area (Å²) in [6.45, 7) is 3.36. The standard InChI is InChI=1S/C21H25FN2O/c1-2-16-13-19(22)7-6-17(16)14-21(25)24-11-3-4-18-12-15(9-10-23)5-8-20(18)24/h5-8,12-13H,2-4,9-11,14,23H2,1H3.